The molecule has 2 atom stereocenters. The van der Waals surface area contributed by atoms with Gasteiger partial charge in [0, 0.05) is 12.6 Å². The summed E-state index contributed by atoms with van der Waals surface area (Å²) < 4.78 is 0. The van der Waals surface area contributed by atoms with Crippen LogP contribution in [-0.2, 0) is 4.79 Å². The molecule has 1 heterocycles. The average Bonchev–Trinajstić information content (AvgIpc) is 2.16. The molecule has 0 aromatic heterocycles. The van der Waals surface area contributed by atoms with E-state index >= 15 is 0 Å². The number of aliphatic hydroxyl groups is 1. The highest BCUT2D eigenvalue weighted by molar-refractivity contribution is 5.68. The number of likely N-dealkylation sites (tertiary alicyclic amines) is 1. The van der Waals surface area contributed by atoms with E-state index in [2.05, 4.69) is 0 Å². The van der Waals surface area contributed by atoms with Crippen molar-refractivity contribution in [1.29, 1.82) is 0 Å². The van der Waals surface area contributed by atoms with Gasteiger partial charge in [-0.25, -0.2) is 0 Å². The molecule has 0 spiro atoms. The summed E-state index contributed by atoms with van der Waals surface area (Å²) in [6.07, 6.45) is 0.398. The first-order chi connectivity index (χ1) is 5.46. The molecule has 2 unspecified atom stereocenters. The fraction of sp³-hybridized carbons (Fsp3) is 0.875. The second-order valence-electron chi connectivity index (χ2n) is 3.58. The molecule has 0 amide bonds. The number of nitrogens with zero attached hydrogens (tertiary/aromatic N) is 1. The number of likely N-dealkylation sites (N-methyl/N-ethyl adjacent to an activating group) is 1. The van der Waals surface area contributed by atoms with Crippen molar-refractivity contribution in [3.8, 4) is 0 Å². The predicted octanol–water partition coefficient (Wildman–Crippen LogP) is -0.0838. The minimum atomic E-state index is -1.03. The van der Waals surface area contributed by atoms with Gasteiger partial charge in [0.1, 0.15) is 0 Å². The molecule has 4 nitrogen and oxygen atoms in total. The van der Waals surface area contributed by atoms with Crippen LogP contribution in [-0.4, -0.2) is 46.3 Å². The van der Waals surface area contributed by atoms with E-state index in [4.69, 9.17) is 5.11 Å². The SMILES string of the molecule is CC1N(C)CCC1(O)CC(=O)O. The molecule has 0 aliphatic carbocycles. The van der Waals surface area contributed by atoms with E-state index in [1.54, 1.807) is 0 Å². The quantitative estimate of drug-likeness (QED) is 0.613. The Morgan fingerprint density at radius 3 is 2.67 bits per heavy atom. The Bertz CT molecular complexity index is 195. The summed E-state index contributed by atoms with van der Waals surface area (Å²) in [6, 6.07) is -0.0615. The van der Waals surface area contributed by atoms with Gasteiger partial charge in [-0.05, 0) is 20.4 Å². The highest BCUT2D eigenvalue weighted by atomic mass is 16.4. The number of rotatable bonds is 2. The molecule has 1 saturated heterocycles. The second kappa shape index (κ2) is 3.03. The molecule has 0 aromatic carbocycles. The lowest BCUT2D eigenvalue weighted by atomic mass is 9.92. The first-order valence-electron chi connectivity index (χ1n) is 4.10. The predicted molar refractivity (Wildman–Crippen MR) is 43.9 cm³/mol. The third-order valence-electron chi connectivity index (χ3n) is 2.79. The summed E-state index contributed by atoms with van der Waals surface area (Å²) in [5.74, 6) is -0.931. The molecule has 1 fully saturated rings. The van der Waals surface area contributed by atoms with Gasteiger partial charge in [0.2, 0.25) is 0 Å². The molecule has 0 aromatic rings. The maximum absolute atomic E-state index is 10.4. The number of carboxylic acids is 1. The van der Waals surface area contributed by atoms with Crippen LogP contribution in [0.1, 0.15) is 19.8 Å². The van der Waals surface area contributed by atoms with Gasteiger partial charge < -0.3 is 15.1 Å². The van der Waals surface area contributed by atoms with Gasteiger partial charge in [0.15, 0.2) is 0 Å². The summed E-state index contributed by atoms with van der Waals surface area (Å²) in [7, 11) is 1.89. The van der Waals surface area contributed by atoms with E-state index in [-0.39, 0.29) is 12.5 Å². The summed E-state index contributed by atoms with van der Waals surface area (Å²) >= 11 is 0. The van der Waals surface area contributed by atoms with Gasteiger partial charge in [0.05, 0.1) is 12.0 Å². The van der Waals surface area contributed by atoms with Crippen molar-refractivity contribution in [3.63, 3.8) is 0 Å². The van der Waals surface area contributed by atoms with Crippen molar-refractivity contribution >= 4 is 5.97 Å². The maximum Gasteiger partial charge on any atom is 0.306 e. The van der Waals surface area contributed by atoms with E-state index in [0.717, 1.165) is 6.54 Å². The van der Waals surface area contributed by atoms with Crippen LogP contribution in [0.4, 0.5) is 0 Å². The lowest BCUT2D eigenvalue weighted by molar-refractivity contribution is -0.143. The zero-order valence-corrected chi connectivity index (χ0v) is 7.45. The smallest absolute Gasteiger partial charge is 0.306 e. The van der Waals surface area contributed by atoms with Crippen LogP contribution in [0.5, 0.6) is 0 Å². The average molecular weight is 173 g/mol. The molecule has 0 radical (unpaired) electrons. The number of hydrogen-bond donors (Lipinski definition) is 2. The molecule has 4 heteroatoms. The van der Waals surface area contributed by atoms with Crippen LogP contribution in [0.15, 0.2) is 0 Å². The van der Waals surface area contributed by atoms with E-state index in [0.29, 0.717) is 6.42 Å². The Kier molecular flexibility index (Phi) is 2.39. The van der Waals surface area contributed by atoms with Crippen LogP contribution < -0.4 is 0 Å². The maximum atomic E-state index is 10.4. The van der Waals surface area contributed by atoms with Gasteiger partial charge in [0.25, 0.3) is 0 Å². The number of hydrogen-bond acceptors (Lipinski definition) is 3. The molecular weight excluding hydrogens is 158 g/mol. The lowest BCUT2D eigenvalue weighted by Gasteiger charge is -2.27. The first kappa shape index (κ1) is 9.48. The highest BCUT2D eigenvalue weighted by Crippen LogP contribution is 2.29. The summed E-state index contributed by atoms with van der Waals surface area (Å²) in [5.41, 5.74) is -1.03. The van der Waals surface area contributed by atoms with E-state index in [1.807, 2.05) is 18.9 Å². The van der Waals surface area contributed by atoms with Crippen LogP contribution in [0.2, 0.25) is 0 Å². The Balaban J connectivity index is 2.65. The molecule has 1 rings (SSSR count). The van der Waals surface area contributed by atoms with Gasteiger partial charge in [-0.3, -0.25) is 4.79 Å². The van der Waals surface area contributed by atoms with Crippen LogP contribution in [0.3, 0.4) is 0 Å². The highest BCUT2D eigenvalue weighted by Gasteiger charge is 2.43. The van der Waals surface area contributed by atoms with Crippen molar-refractivity contribution in [2.45, 2.75) is 31.4 Å². The summed E-state index contributed by atoms with van der Waals surface area (Å²) in [4.78, 5) is 12.4. The monoisotopic (exact) mass is 173 g/mol. The van der Waals surface area contributed by atoms with Crippen molar-refractivity contribution in [2.75, 3.05) is 13.6 Å². The van der Waals surface area contributed by atoms with Crippen molar-refractivity contribution in [3.05, 3.63) is 0 Å². The Morgan fingerprint density at radius 2 is 2.33 bits per heavy atom. The zero-order chi connectivity index (χ0) is 9.35. The van der Waals surface area contributed by atoms with Crippen molar-refractivity contribution in [1.82, 2.24) is 4.90 Å². The van der Waals surface area contributed by atoms with Gasteiger partial charge in [-0.1, -0.05) is 0 Å². The third-order valence-corrected chi connectivity index (χ3v) is 2.79. The molecule has 70 valence electrons. The van der Waals surface area contributed by atoms with E-state index in [1.165, 1.54) is 0 Å². The van der Waals surface area contributed by atoms with Crippen LogP contribution in [0, 0.1) is 0 Å². The fourth-order valence-electron chi connectivity index (χ4n) is 1.68. The van der Waals surface area contributed by atoms with E-state index < -0.39 is 11.6 Å². The molecule has 12 heavy (non-hydrogen) atoms. The van der Waals surface area contributed by atoms with Gasteiger partial charge >= 0.3 is 5.97 Å². The van der Waals surface area contributed by atoms with Crippen molar-refractivity contribution in [2.24, 2.45) is 0 Å². The molecule has 1 aliphatic rings. The largest absolute Gasteiger partial charge is 0.481 e. The third kappa shape index (κ3) is 1.59. The Morgan fingerprint density at radius 1 is 1.75 bits per heavy atom. The number of aliphatic carboxylic acids is 1. The van der Waals surface area contributed by atoms with Crippen molar-refractivity contribution < 1.29 is 15.0 Å². The molecule has 0 saturated carbocycles. The first-order valence-corrected chi connectivity index (χ1v) is 4.10. The van der Waals surface area contributed by atoms with E-state index in [9.17, 15) is 9.90 Å². The Labute approximate surface area is 71.8 Å². The number of carboxylic acid groups (broad SMARTS) is 1. The van der Waals surface area contributed by atoms with Gasteiger partial charge in [-0.2, -0.15) is 0 Å². The van der Waals surface area contributed by atoms with Crippen LogP contribution >= 0.6 is 0 Å². The minimum Gasteiger partial charge on any atom is -0.481 e. The molecule has 2 N–H and O–H groups in total. The molecule has 1 aliphatic heterocycles. The number of carbonyl (C=O) groups is 1. The normalized spacial score (nSPS) is 37.1. The lowest BCUT2D eigenvalue weighted by Crippen LogP contribution is -2.42. The summed E-state index contributed by atoms with van der Waals surface area (Å²) in [6.45, 7) is 2.63. The summed E-state index contributed by atoms with van der Waals surface area (Å²) in [5, 5.41) is 18.4. The van der Waals surface area contributed by atoms with Crippen LogP contribution in [0.25, 0.3) is 0 Å². The Hall–Kier alpha value is -0.610. The zero-order valence-electron chi connectivity index (χ0n) is 7.45. The minimum absolute atomic E-state index is 0.0615. The fourth-order valence-corrected chi connectivity index (χ4v) is 1.68. The molecular formula is C8H15NO3. The second-order valence-corrected chi connectivity index (χ2v) is 3.58. The molecule has 0 bridgehead atoms. The van der Waals surface area contributed by atoms with Gasteiger partial charge in [-0.15, -0.1) is 0 Å². The topological polar surface area (TPSA) is 60.8 Å². The standard InChI is InChI=1S/C8H15NO3/c1-6-8(12,5-7(10)11)3-4-9(6)2/h6,12H,3-5H2,1-2H3,(H,10,11).